The molecule has 0 aliphatic heterocycles. The second-order valence-electron chi connectivity index (χ2n) is 5.41. The van der Waals surface area contributed by atoms with Crippen LogP contribution in [0.25, 0.3) is 15.3 Å². The molecule has 0 atom stereocenters. The molecule has 1 aromatic heterocycles. The number of benzene rings is 2. The Labute approximate surface area is 159 Å². The molecular formula is C18H8F5N3OS. The number of alkyl halides is 3. The molecule has 0 bridgehead atoms. The molecule has 0 unspecified atom stereocenters. The van der Waals surface area contributed by atoms with Gasteiger partial charge in [-0.25, -0.2) is 8.78 Å². The summed E-state index contributed by atoms with van der Waals surface area (Å²) in [5.74, 6) is -3.54. The Hall–Kier alpha value is -3.32. The number of amides is 1. The third kappa shape index (κ3) is 3.84. The normalized spacial score (nSPS) is 11.1. The van der Waals surface area contributed by atoms with Crippen molar-refractivity contribution in [2.75, 3.05) is 5.32 Å². The molecule has 3 rings (SSSR count). The molecule has 0 saturated carbocycles. The predicted octanol–water partition coefficient (Wildman–Crippen LogP) is 5.91. The van der Waals surface area contributed by atoms with Crippen molar-refractivity contribution in [3.8, 4) is 10.4 Å². The molecule has 2 aromatic carbocycles. The van der Waals surface area contributed by atoms with Crippen molar-refractivity contribution in [1.29, 1.82) is 0 Å². The van der Waals surface area contributed by atoms with Crippen molar-refractivity contribution >= 4 is 28.2 Å². The topological polar surface area (TPSA) is 46.4 Å². The molecule has 3 aromatic rings. The zero-order chi connectivity index (χ0) is 20.5. The van der Waals surface area contributed by atoms with Gasteiger partial charge in [0.2, 0.25) is 0 Å². The summed E-state index contributed by atoms with van der Waals surface area (Å²) >= 11 is 0.722. The van der Waals surface area contributed by atoms with Crippen LogP contribution in [0.1, 0.15) is 15.9 Å². The minimum atomic E-state index is -4.57. The van der Waals surface area contributed by atoms with E-state index in [0.29, 0.717) is 0 Å². The van der Waals surface area contributed by atoms with Crippen LogP contribution in [0.2, 0.25) is 0 Å². The predicted molar refractivity (Wildman–Crippen MR) is 93.1 cm³/mol. The molecule has 1 amide bonds. The number of rotatable bonds is 3. The first-order valence-corrected chi connectivity index (χ1v) is 8.33. The largest absolute Gasteiger partial charge is 0.416 e. The SMILES string of the molecule is [C-]#[N+]c1nc(NC(=O)c2c(F)cccc2F)sc1-c1cccc(C(F)(F)F)c1. The number of carbonyl (C=O) groups is 1. The lowest BCUT2D eigenvalue weighted by molar-refractivity contribution is -0.137. The number of hydrogen-bond donors (Lipinski definition) is 1. The van der Waals surface area contributed by atoms with Crippen molar-refractivity contribution in [2.45, 2.75) is 6.18 Å². The fourth-order valence-electron chi connectivity index (χ4n) is 2.34. The Bertz CT molecular complexity index is 1080. The third-order valence-corrected chi connectivity index (χ3v) is 4.59. The zero-order valence-electron chi connectivity index (χ0n) is 13.6. The number of hydrogen-bond acceptors (Lipinski definition) is 3. The Morgan fingerprint density at radius 1 is 1.11 bits per heavy atom. The molecule has 0 fully saturated rings. The summed E-state index contributed by atoms with van der Waals surface area (Å²) in [7, 11) is 0. The molecule has 4 nitrogen and oxygen atoms in total. The molecule has 0 spiro atoms. The second kappa shape index (κ2) is 7.36. The number of aromatic nitrogens is 1. The third-order valence-electron chi connectivity index (χ3n) is 3.58. The van der Waals surface area contributed by atoms with Crippen LogP contribution in [0, 0.1) is 18.2 Å². The van der Waals surface area contributed by atoms with Crippen molar-refractivity contribution in [2.24, 2.45) is 0 Å². The van der Waals surface area contributed by atoms with Crippen LogP contribution in [-0.4, -0.2) is 10.9 Å². The highest BCUT2D eigenvalue weighted by Gasteiger charge is 2.31. The van der Waals surface area contributed by atoms with Gasteiger partial charge in [-0.2, -0.15) is 13.2 Å². The van der Waals surface area contributed by atoms with Gasteiger partial charge < -0.3 is 4.85 Å². The summed E-state index contributed by atoms with van der Waals surface area (Å²) in [6, 6.07) is 7.17. The van der Waals surface area contributed by atoms with E-state index in [4.69, 9.17) is 6.57 Å². The molecule has 142 valence electrons. The first-order chi connectivity index (χ1) is 13.2. The van der Waals surface area contributed by atoms with Gasteiger partial charge in [-0.3, -0.25) is 10.1 Å². The van der Waals surface area contributed by atoms with Crippen LogP contribution in [0.15, 0.2) is 42.5 Å². The van der Waals surface area contributed by atoms with E-state index in [2.05, 4.69) is 15.1 Å². The van der Waals surface area contributed by atoms with Gasteiger partial charge >= 0.3 is 6.18 Å². The fourth-order valence-corrected chi connectivity index (χ4v) is 3.24. The van der Waals surface area contributed by atoms with E-state index in [1.54, 1.807) is 0 Å². The summed E-state index contributed by atoms with van der Waals surface area (Å²) in [5.41, 5.74) is -1.66. The molecule has 28 heavy (non-hydrogen) atoms. The van der Waals surface area contributed by atoms with Gasteiger partial charge in [0.05, 0.1) is 10.4 Å². The van der Waals surface area contributed by atoms with E-state index in [-0.39, 0.29) is 21.4 Å². The lowest BCUT2D eigenvalue weighted by Crippen LogP contribution is -2.15. The highest BCUT2D eigenvalue weighted by atomic mass is 32.1. The lowest BCUT2D eigenvalue weighted by atomic mass is 10.1. The van der Waals surface area contributed by atoms with Crippen LogP contribution < -0.4 is 5.32 Å². The van der Waals surface area contributed by atoms with Crippen LogP contribution in [0.4, 0.5) is 32.9 Å². The maximum Gasteiger partial charge on any atom is 0.416 e. The lowest BCUT2D eigenvalue weighted by Gasteiger charge is -2.07. The minimum absolute atomic E-state index is 0.0795. The second-order valence-corrected chi connectivity index (χ2v) is 6.41. The van der Waals surface area contributed by atoms with E-state index in [1.165, 1.54) is 12.1 Å². The van der Waals surface area contributed by atoms with Crippen molar-refractivity contribution in [1.82, 2.24) is 4.98 Å². The van der Waals surface area contributed by atoms with Crippen molar-refractivity contribution in [3.63, 3.8) is 0 Å². The summed E-state index contributed by atoms with van der Waals surface area (Å²) in [5, 5.41) is 2.00. The van der Waals surface area contributed by atoms with Gasteiger partial charge in [-0.05, 0) is 29.8 Å². The summed E-state index contributed by atoms with van der Waals surface area (Å²) < 4.78 is 66.1. The van der Waals surface area contributed by atoms with Crippen LogP contribution in [-0.2, 0) is 6.18 Å². The number of halogens is 5. The Morgan fingerprint density at radius 2 is 1.75 bits per heavy atom. The van der Waals surface area contributed by atoms with Gasteiger partial charge in [0.25, 0.3) is 16.9 Å². The smallest absolute Gasteiger partial charge is 0.359 e. The molecule has 1 N–H and O–H groups in total. The Balaban J connectivity index is 1.96. The fraction of sp³-hybridized carbons (Fsp3) is 0.0556. The first-order valence-electron chi connectivity index (χ1n) is 7.52. The summed E-state index contributed by atoms with van der Waals surface area (Å²) in [6.45, 7) is 7.15. The maximum atomic E-state index is 13.7. The van der Waals surface area contributed by atoms with Gasteiger partial charge in [-0.15, -0.1) is 0 Å². The van der Waals surface area contributed by atoms with E-state index in [0.717, 1.165) is 41.7 Å². The molecule has 0 aliphatic carbocycles. The molecule has 0 aliphatic rings. The van der Waals surface area contributed by atoms with E-state index < -0.39 is 34.8 Å². The van der Waals surface area contributed by atoms with Crippen LogP contribution in [0.3, 0.4) is 0 Å². The minimum Gasteiger partial charge on any atom is -0.359 e. The standard InChI is InChI=1S/C18H8F5N3OS/c1-24-15-14(9-4-2-5-10(8-9)18(21,22)23)28-17(25-15)26-16(27)13-11(19)6-3-7-12(13)20/h2-8H,(H,25,26,27). The monoisotopic (exact) mass is 409 g/mol. The molecule has 0 saturated heterocycles. The van der Waals surface area contributed by atoms with E-state index in [1.807, 2.05) is 0 Å². The van der Waals surface area contributed by atoms with Gasteiger partial charge in [-0.1, -0.05) is 41.1 Å². The zero-order valence-corrected chi connectivity index (χ0v) is 14.5. The number of thiazole rings is 1. The number of nitrogens with zero attached hydrogens (tertiary/aromatic N) is 2. The average Bonchev–Trinajstić information content (AvgIpc) is 3.04. The average molecular weight is 409 g/mol. The highest BCUT2D eigenvalue weighted by Crippen LogP contribution is 2.40. The Morgan fingerprint density at radius 3 is 2.36 bits per heavy atom. The van der Waals surface area contributed by atoms with Crippen molar-refractivity contribution < 1.29 is 26.7 Å². The quantitative estimate of drug-likeness (QED) is 0.432. The molecule has 10 heteroatoms. The number of nitrogens with one attached hydrogen (secondary N) is 1. The van der Waals surface area contributed by atoms with Gasteiger partial charge in [0, 0.05) is 0 Å². The molecular weight excluding hydrogens is 401 g/mol. The highest BCUT2D eigenvalue weighted by molar-refractivity contribution is 7.19. The number of carbonyl (C=O) groups excluding carboxylic acids is 1. The Kier molecular flexibility index (Phi) is 5.11. The van der Waals surface area contributed by atoms with E-state index >= 15 is 0 Å². The van der Waals surface area contributed by atoms with Crippen molar-refractivity contribution in [3.05, 3.63) is 76.6 Å². The van der Waals surface area contributed by atoms with Gasteiger partial charge in [0.15, 0.2) is 0 Å². The maximum absolute atomic E-state index is 13.7. The molecule has 0 radical (unpaired) electrons. The first kappa shape index (κ1) is 19.4. The number of anilines is 1. The van der Waals surface area contributed by atoms with Crippen LogP contribution in [0.5, 0.6) is 0 Å². The summed E-state index contributed by atoms with van der Waals surface area (Å²) in [6.07, 6.45) is -4.57. The van der Waals surface area contributed by atoms with Gasteiger partial charge in [0.1, 0.15) is 17.2 Å². The molecule has 1 heterocycles. The van der Waals surface area contributed by atoms with Crippen LogP contribution >= 0.6 is 11.3 Å². The van der Waals surface area contributed by atoms with E-state index in [9.17, 15) is 26.7 Å². The summed E-state index contributed by atoms with van der Waals surface area (Å²) in [4.78, 5) is 19.2.